The van der Waals surface area contributed by atoms with E-state index in [0.717, 1.165) is 16.7 Å². The van der Waals surface area contributed by atoms with Crippen LogP contribution in [-0.4, -0.2) is 35.6 Å². The van der Waals surface area contributed by atoms with Crippen LogP contribution < -0.4 is 10.1 Å². The number of carbonyl (C=O) groups is 2. The number of rotatable bonds is 7. The molecule has 0 saturated carbocycles. The van der Waals surface area contributed by atoms with Crippen molar-refractivity contribution in [3.8, 4) is 17.0 Å². The Morgan fingerprint density at radius 1 is 1.27 bits per heavy atom. The highest BCUT2D eigenvalue weighted by Gasteiger charge is 2.16. The molecule has 2 rings (SSSR count). The molecule has 6 nitrogen and oxygen atoms in total. The standard InChI is InChI=1S/C16H16N2O4/c1-22-15-7-6-13(9-17-15)12-4-2-11(3-5-12)8-14(16(20)21)18-10-19/h2-7,9-10,14H,8H2,1H3,(H,18,19)(H,20,21)/t14-/m0/s1. The first kappa shape index (κ1) is 15.5. The van der Waals surface area contributed by atoms with E-state index in [0.29, 0.717) is 12.3 Å². The van der Waals surface area contributed by atoms with Crippen LogP contribution >= 0.6 is 0 Å². The van der Waals surface area contributed by atoms with Crippen LogP contribution in [0.5, 0.6) is 5.88 Å². The van der Waals surface area contributed by atoms with E-state index < -0.39 is 12.0 Å². The van der Waals surface area contributed by atoms with Crippen LogP contribution in [0.25, 0.3) is 11.1 Å². The summed E-state index contributed by atoms with van der Waals surface area (Å²) in [6, 6.07) is 10.2. The molecule has 2 N–H and O–H groups in total. The van der Waals surface area contributed by atoms with Crippen LogP contribution in [0.4, 0.5) is 0 Å². The van der Waals surface area contributed by atoms with Gasteiger partial charge in [0.05, 0.1) is 7.11 Å². The second-order valence-corrected chi connectivity index (χ2v) is 4.67. The lowest BCUT2D eigenvalue weighted by Crippen LogP contribution is -2.37. The van der Waals surface area contributed by atoms with E-state index in [1.807, 2.05) is 30.3 Å². The second-order valence-electron chi connectivity index (χ2n) is 4.67. The molecule has 0 aliphatic carbocycles. The maximum Gasteiger partial charge on any atom is 0.326 e. The lowest BCUT2D eigenvalue weighted by molar-refractivity contribution is -0.140. The van der Waals surface area contributed by atoms with Crippen molar-refractivity contribution >= 4 is 12.4 Å². The number of hydrogen-bond donors (Lipinski definition) is 2. The molecule has 0 saturated heterocycles. The highest BCUT2D eigenvalue weighted by atomic mass is 16.5. The van der Waals surface area contributed by atoms with E-state index >= 15 is 0 Å². The number of amides is 1. The second kappa shape index (κ2) is 7.21. The molecular formula is C16H16N2O4. The van der Waals surface area contributed by atoms with Crippen molar-refractivity contribution in [1.82, 2.24) is 10.3 Å². The lowest BCUT2D eigenvalue weighted by atomic mass is 10.0. The van der Waals surface area contributed by atoms with E-state index in [2.05, 4.69) is 10.3 Å². The first-order valence-electron chi connectivity index (χ1n) is 6.66. The highest BCUT2D eigenvalue weighted by molar-refractivity contribution is 5.76. The van der Waals surface area contributed by atoms with Gasteiger partial charge in [0.15, 0.2) is 0 Å². The summed E-state index contributed by atoms with van der Waals surface area (Å²) in [6.45, 7) is 0. The number of ether oxygens (including phenoxy) is 1. The van der Waals surface area contributed by atoms with Crippen molar-refractivity contribution in [2.75, 3.05) is 7.11 Å². The molecule has 0 bridgehead atoms. The molecule has 1 atom stereocenters. The summed E-state index contributed by atoms with van der Waals surface area (Å²) in [5, 5.41) is 11.3. The molecule has 0 unspecified atom stereocenters. The molecule has 6 heteroatoms. The number of pyridine rings is 1. The summed E-state index contributed by atoms with van der Waals surface area (Å²) < 4.78 is 5.01. The van der Waals surface area contributed by atoms with Crippen LogP contribution in [0.15, 0.2) is 42.6 Å². The van der Waals surface area contributed by atoms with Gasteiger partial charge >= 0.3 is 5.97 Å². The van der Waals surface area contributed by atoms with Crippen molar-refractivity contribution in [3.63, 3.8) is 0 Å². The van der Waals surface area contributed by atoms with Gasteiger partial charge in [0.25, 0.3) is 0 Å². The summed E-state index contributed by atoms with van der Waals surface area (Å²) in [5.41, 5.74) is 2.73. The summed E-state index contributed by atoms with van der Waals surface area (Å²) in [7, 11) is 1.56. The Labute approximate surface area is 127 Å². The first-order chi connectivity index (χ1) is 10.6. The molecule has 0 fully saturated rings. The van der Waals surface area contributed by atoms with E-state index in [1.165, 1.54) is 0 Å². The molecule has 1 amide bonds. The van der Waals surface area contributed by atoms with E-state index in [4.69, 9.17) is 9.84 Å². The average molecular weight is 300 g/mol. The Morgan fingerprint density at radius 2 is 1.95 bits per heavy atom. The Hall–Kier alpha value is -2.89. The van der Waals surface area contributed by atoms with Crippen LogP contribution in [-0.2, 0) is 16.0 Å². The van der Waals surface area contributed by atoms with Crippen molar-refractivity contribution in [2.24, 2.45) is 0 Å². The number of carbonyl (C=O) groups excluding carboxylic acids is 1. The number of nitrogens with zero attached hydrogens (tertiary/aromatic N) is 1. The molecule has 0 spiro atoms. The molecule has 1 aromatic heterocycles. The minimum atomic E-state index is -1.06. The van der Waals surface area contributed by atoms with Crippen LogP contribution in [0.1, 0.15) is 5.56 Å². The number of carboxylic acids is 1. The van der Waals surface area contributed by atoms with Gasteiger partial charge in [-0.1, -0.05) is 24.3 Å². The zero-order chi connectivity index (χ0) is 15.9. The molecule has 2 aromatic rings. The summed E-state index contributed by atoms with van der Waals surface area (Å²) in [6.07, 6.45) is 2.34. The predicted octanol–water partition coefficient (Wildman–Crippen LogP) is 1.50. The van der Waals surface area contributed by atoms with Gasteiger partial charge in [-0.05, 0) is 17.2 Å². The zero-order valence-corrected chi connectivity index (χ0v) is 12.0. The Morgan fingerprint density at radius 3 is 2.45 bits per heavy atom. The van der Waals surface area contributed by atoms with E-state index in [1.54, 1.807) is 19.4 Å². The van der Waals surface area contributed by atoms with E-state index in [9.17, 15) is 9.59 Å². The molecule has 0 aliphatic rings. The Balaban J connectivity index is 2.11. The number of aliphatic carboxylic acids is 1. The molecule has 0 radical (unpaired) electrons. The Kier molecular flexibility index (Phi) is 5.08. The molecule has 114 valence electrons. The third kappa shape index (κ3) is 3.82. The summed E-state index contributed by atoms with van der Waals surface area (Å²) in [5.74, 6) is -0.514. The predicted molar refractivity (Wildman–Crippen MR) is 80.6 cm³/mol. The van der Waals surface area contributed by atoms with Crippen molar-refractivity contribution in [1.29, 1.82) is 0 Å². The number of hydrogen-bond acceptors (Lipinski definition) is 4. The van der Waals surface area contributed by atoms with Gasteiger partial charge in [-0.2, -0.15) is 0 Å². The first-order valence-corrected chi connectivity index (χ1v) is 6.66. The van der Waals surface area contributed by atoms with Gasteiger partial charge in [-0.3, -0.25) is 4.79 Å². The highest BCUT2D eigenvalue weighted by Crippen LogP contribution is 2.21. The molecular weight excluding hydrogens is 284 g/mol. The molecule has 1 aromatic carbocycles. The average Bonchev–Trinajstić information content (AvgIpc) is 2.55. The lowest BCUT2D eigenvalue weighted by Gasteiger charge is -2.11. The van der Waals surface area contributed by atoms with Crippen LogP contribution in [0.3, 0.4) is 0 Å². The third-order valence-electron chi connectivity index (χ3n) is 3.24. The van der Waals surface area contributed by atoms with Gasteiger partial charge < -0.3 is 15.2 Å². The molecule has 0 aliphatic heterocycles. The minimum Gasteiger partial charge on any atom is -0.481 e. The maximum atomic E-state index is 11.0. The Bertz CT molecular complexity index is 638. The quantitative estimate of drug-likeness (QED) is 0.756. The number of carboxylic acid groups (broad SMARTS) is 1. The molecule has 22 heavy (non-hydrogen) atoms. The van der Waals surface area contributed by atoms with Gasteiger partial charge in [0, 0.05) is 24.2 Å². The molecule has 1 heterocycles. The SMILES string of the molecule is COc1ccc(-c2ccc(C[C@H](NC=O)C(=O)O)cc2)cn1. The summed E-state index contributed by atoms with van der Waals surface area (Å²) >= 11 is 0. The van der Waals surface area contributed by atoms with Crippen molar-refractivity contribution in [2.45, 2.75) is 12.5 Å². The fourth-order valence-electron chi connectivity index (χ4n) is 2.04. The van der Waals surface area contributed by atoms with Gasteiger partial charge in [0.2, 0.25) is 12.3 Å². The van der Waals surface area contributed by atoms with Crippen molar-refractivity contribution < 1.29 is 19.4 Å². The topological polar surface area (TPSA) is 88.5 Å². The number of methoxy groups -OCH3 is 1. The van der Waals surface area contributed by atoms with E-state index in [-0.39, 0.29) is 6.42 Å². The fraction of sp³-hybridized carbons (Fsp3) is 0.188. The third-order valence-corrected chi connectivity index (χ3v) is 3.24. The largest absolute Gasteiger partial charge is 0.481 e. The normalized spacial score (nSPS) is 11.5. The summed E-state index contributed by atoms with van der Waals surface area (Å²) in [4.78, 5) is 25.6. The zero-order valence-electron chi connectivity index (χ0n) is 12.0. The van der Waals surface area contributed by atoms with Crippen molar-refractivity contribution in [3.05, 3.63) is 48.2 Å². The maximum absolute atomic E-state index is 11.0. The fourth-order valence-corrected chi connectivity index (χ4v) is 2.04. The van der Waals surface area contributed by atoms with Gasteiger partial charge in [-0.15, -0.1) is 0 Å². The van der Waals surface area contributed by atoms with Gasteiger partial charge in [0.1, 0.15) is 6.04 Å². The minimum absolute atomic E-state index is 0.231. The number of nitrogens with one attached hydrogen (secondary N) is 1. The number of aromatic nitrogens is 1. The number of benzene rings is 1. The van der Waals surface area contributed by atoms with Gasteiger partial charge in [-0.25, -0.2) is 9.78 Å². The van der Waals surface area contributed by atoms with Crippen LogP contribution in [0.2, 0.25) is 0 Å². The van der Waals surface area contributed by atoms with Crippen LogP contribution in [0, 0.1) is 0 Å². The monoisotopic (exact) mass is 300 g/mol. The smallest absolute Gasteiger partial charge is 0.326 e.